The number of sulfone groups is 1. The summed E-state index contributed by atoms with van der Waals surface area (Å²) in [6.07, 6.45) is 1.58. The zero-order valence-electron chi connectivity index (χ0n) is 10.3. The van der Waals surface area contributed by atoms with E-state index < -0.39 is 9.84 Å². The molecule has 0 heterocycles. The molecule has 1 aromatic carbocycles. The summed E-state index contributed by atoms with van der Waals surface area (Å²) in [4.78, 5) is 11.8. The number of carbonyl (C=O) groups excluding carboxylic acids is 1. The van der Waals surface area contributed by atoms with E-state index in [2.05, 4.69) is 5.32 Å². The quantitative estimate of drug-likeness (QED) is 0.900. The van der Waals surface area contributed by atoms with Crippen molar-refractivity contribution in [2.24, 2.45) is 0 Å². The minimum absolute atomic E-state index is 0.0645. The van der Waals surface area contributed by atoms with Crippen LogP contribution in [0.5, 0.6) is 0 Å². The molecule has 0 saturated carbocycles. The van der Waals surface area contributed by atoms with Crippen LogP contribution in [0.4, 0.5) is 0 Å². The molecule has 1 rings (SSSR count). The third-order valence-electron chi connectivity index (χ3n) is 2.41. The highest BCUT2D eigenvalue weighted by Crippen LogP contribution is 2.09. The van der Waals surface area contributed by atoms with Gasteiger partial charge in [0, 0.05) is 22.9 Å². The van der Waals surface area contributed by atoms with Crippen molar-refractivity contribution in [3.05, 3.63) is 34.9 Å². The van der Waals surface area contributed by atoms with E-state index in [-0.39, 0.29) is 17.7 Å². The molecular weight excluding hydrogens is 274 g/mol. The minimum Gasteiger partial charge on any atom is -0.350 e. The molecule has 6 heteroatoms. The van der Waals surface area contributed by atoms with Crippen molar-refractivity contribution in [1.82, 2.24) is 5.32 Å². The van der Waals surface area contributed by atoms with Gasteiger partial charge in [0.25, 0.3) is 5.91 Å². The molecule has 0 bridgehead atoms. The topological polar surface area (TPSA) is 63.2 Å². The van der Waals surface area contributed by atoms with Gasteiger partial charge in [-0.2, -0.15) is 0 Å². The number of amides is 1. The Kier molecular flexibility index (Phi) is 5.16. The fourth-order valence-electron chi connectivity index (χ4n) is 1.37. The predicted octanol–water partition coefficient (Wildman–Crippen LogP) is 1.89. The molecule has 1 N–H and O–H groups in total. The summed E-state index contributed by atoms with van der Waals surface area (Å²) < 4.78 is 22.0. The van der Waals surface area contributed by atoms with E-state index in [1.165, 1.54) is 6.26 Å². The lowest BCUT2D eigenvalue weighted by Gasteiger charge is -2.13. The van der Waals surface area contributed by atoms with Crippen LogP contribution in [0.2, 0.25) is 5.02 Å². The van der Waals surface area contributed by atoms with Crippen molar-refractivity contribution in [3.63, 3.8) is 0 Å². The van der Waals surface area contributed by atoms with Gasteiger partial charge in [-0.1, -0.05) is 11.6 Å². The second kappa shape index (κ2) is 6.20. The van der Waals surface area contributed by atoms with E-state index in [4.69, 9.17) is 11.6 Å². The van der Waals surface area contributed by atoms with Crippen molar-refractivity contribution < 1.29 is 13.2 Å². The number of rotatable bonds is 5. The van der Waals surface area contributed by atoms with Crippen molar-refractivity contribution >= 4 is 27.3 Å². The molecule has 0 saturated heterocycles. The first-order valence-corrected chi connectivity index (χ1v) is 7.96. The van der Waals surface area contributed by atoms with Crippen LogP contribution in [-0.2, 0) is 9.84 Å². The SMILES string of the molecule is C[C@H](CCS(C)(=O)=O)NC(=O)c1ccc(Cl)cc1. The lowest BCUT2D eigenvalue weighted by Crippen LogP contribution is -2.33. The van der Waals surface area contributed by atoms with E-state index in [0.717, 1.165) is 0 Å². The summed E-state index contributed by atoms with van der Waals surface area (Å²) in [6, 6.07) is 6.33. The van der Waals surface area contributed by atoms with Crippen LogP contribution in [0, 0.1) is 0 Å². The van der Waals surface area contributed by atoms with Gasteiger partial charge in [-0.15, -0.1) is 0 Å². The summed E-state index contributed by atoms with van der Waals surface area (Å²) in [6.45, 7) is 1.78. The molecule has 1 atom stereocenters. The Hall–Kier alpha value is -1.07. The zero-order chi connectivity index (χ0) is 13.8. The molecule has 1 aromatic rings. The number of nitrogens with one attached hydrogen (secondary N) is 1. The Labute approximate surface area is 112 Å². The van der Waals surface area contributed by atoms with Crippen LogP contribution < -0.4 is 5.32 Å². The predicted molar refractivity (Wildman–Crippen MR) is 72.7 cm³/mol. The maximum Gasteiger partial charge on any atom is 0.251 e. The zero-order valence-corrected chi connectivity index (χ0v) is 11.9. The molecule has 0 fully saturated rings. The highest BCUT2D eigenvalue weighted by molar-refractivity contribution is 7.90. The first kappa shape index (κ1) is 15.0. The summed E-state index contributed by atoms with van der Waals surface area (Å²) >= 11 is 5.72. The van der Waals surface area contributed by atoms with Crippen LogP contribution in [0.1, 0.15) is 23.7 Å². The van der Waals surface area contributed by atoms with E-state index >= 15 is 0 Å². The van der Waals surface area contributed by atoms with Crippen LogP contribution in [0.25, 0.3) is 0 Å². The molecule has 0 unspecified atom stereocenters. The maximum atomic E-state index is 11.8. The second-order valence-electron chi connectivity index (χ2n) is 4.30. The molecule has 0 aliphatic rings. The third-order valence-corrected chi connectivity index (χ3v) is 3.63. The van der Waals surface area contributed by atoms with Crippen LogP contribution in [0.15, 0.2) is 24.3 Å². The lowest BCUT2D eigenvalue weighted by molar-refractivity contribution is 0.0939. The largest absolute Gasteiger partial charge is 0.350 e. The van der Waals surface area contributed by atoms with E-state index in [1.807, 2.05) is 0 Å². The standard InChI is InChI=1S/C12H16ClNO3S/c1-9(7-8-18(2,16)17)14-12(15)10-3-5-11(13)6-4-10/h3-6,9H,7-8H2,1-2H3,(H,14,15)/t9-/m1/s1. The fourth-order valence-corrected chi connectivity index (χ4v) is 2.28. The van der Waals surface area contributed by atoms with E-state index in [0.29, 0.717) is 17.0 Å². The Morgan fingerprint density at radius 3 is 2.39 bits per heavy atom. The first-order valence-electron chi connectivity index (χ1n) is 5.52. The van der Waals surface area contributed by atoms with Crippen molar-refractivity contribution in [2.75, 3.05) is 12.0 Å². The molecule has 1 amide bonds. The average Bonchev–Trinajstić information content (AvgIpc) is 2.26. The monoisotopic (exact) mass is 289 g/mol. The number of hydrogen-bond acceptors (Lipinski definition) is 3. The van der Waals surface area contributed by atoms with Gasteiger partial charge in [-0.05, 0) is 37.6 Å². The van der Waals surface area contributed by atoms with Gasteiger partial charge in [0.15, 0.2) is 0 Å². The molecule has 0 aliphatic heterocycles. The van der Waals surface area contributed by atoms with Crippen LogP contribution >= 0.6 is 11.6 Å². The molecule has 18 heavy (non-hydrogen) atoms. The van der Waals surface area contributed by atoms with Crippen LogP contribution in [0.3, 0.4) is 0 Å². The van der Waals surface area contributed by atoms with Crippen molar-refractivity contribution in [3.8, 4) is 0 Å². The average molecular weight is 290 g/mol. The van der Waals surface area contributed by atoms with Gasteiger partial charge in [0.05, 0.1) is 5.75 Å². The second-order valence-corrected chi connectivity index (χ2v) is 7.00. The number of hydrogen-bond donors (Lipinski definition) is 1. The fraction of sp³-hybridized carbons (Fsp3) is 0.417. The summed E-state index contributed by atoms with van der Waals surface area (Å²) in [5, 5.41) is 3.31. The van der Waals surface area contributed by atoms with Gasteiger partial charge < -0.3 is 5.32 Å². The normalized spacial score (nSPS) is 13.1. The summed E-state index contributed by atoms with van der Waals surface area (Å²) in [5.41, 5.74) is 0.505. The van der Waals surface area contributed by atoms with Gasteiger partial charge in [0.2, 0.25) is 0 Å². The highest BCUT2D eigenvalue weighted by atomic mass is 35.5. The molecular formula is C12H16ClNO3S. The number of carbonyl (C=O) groups is 1. The van der Waals surface area contributed by atoms with E-state index in [1.54, 1.807) is 31.2 Å². The van der Waals surface area contributed by atoms with Crippen molar-refractivity contribution in [2.45, 2.75) is 19.4 Å². The Bertz CT molecular complexity index is 511. The molecule has 0 aliphatic carbocycles. The lowest BCUT2D eigenvalue weighted by atomic mass is 10.2. The maximum absolute atomic E-state index is 11.8. The van der Waals surface area contributed by atoms with Crippen LogP contribution in [-0.4, -0.2) is 32.4 Å². The third kappa shape index (κ3) is 5.51. The minimum atomic E-state index is -2.99. The highest BCUT2D eigenvalue weighted by Gasteiger charge is 2.11. The van der Waals surface area contributed by atoms with Gasteiger partial charge in [-0.25, -0.2) is 8.42 Å². The molecule has 0 radical (unpaired) electrons. The molecule has 0 spiro atoms. The number of benzene rings is 1. The van der Waals surface area contributed by atoms with Crippen molar-refractivity contribution in [1.29, 1.82) is 0 Å². The Morgan fingerprint density at radius 2 is 1.89 bits per heavy atom. The van der Waals surface area contributed by atoms with E-state index in [9.17, 15) is 13.2 Å². The smallest absolute Gasteiger partial charge is 0.251 e. The Balaban J connectivity index is 2.52. The van der Waals surface area contributed by atoms with Gasteiger partial charge >= 0.3 is 0 Å². The first-order chi connectivity index (χ1) is 8.28. The van der Waals surface area contributed by atoms with Gasteiger partial charge in [-0.3, -0.25) is 4.79 Å². The summed E-state index contributed by atoms with van der Waals surface area (Å²) in [5.74, 6) is -0.164. The Morgan fingerprint density at radius 1 is 1.33 bits per heavy atom. The van der Waals surface area contributed by atoms with Gasteiger partial charge in [0.1, 0.15) is 9.84 Å². The summed E-state index contributed by atoms with van der Waals surface area (Å²) in [7, 11) is -2.99. The molecule has 0 aromatic heterocycles. The number of halogens is 1. The molecule has 100 valence electrons. The molecule has 4 nitrogen and oxygen atoms in total.